The van der Waals surface area contributed by atoms with Gasteiger partial charge in [-0.2, -0.15) is 31.4 Å². The Balaban J connectivity index is 2.95. The van der Waals surface area contributed by atoms with Crippen molar-refractivity contribution in [2.75, 3.05) is 19.5 Å². The summed E-state index contributed by atoms with van der Waals surface area (Å²) in [7, 11) is -4.69. The van der Waals surface area contributed by atoms with Crippen molar-refractivity contribution in [3.05, 3.63) is 11.8 Å². The molecule has 0 saturated carbocycles. The molecule has 1 aromatic rings. The monoisotopic (exact) mass is 400 g/mol. The zero-order chi connectivity index (χ0) is 18.6. The molecule has 1 aromatic heterocycles. The predicted molar refractivity (Wildman–Crippen MR) is 75.0 cm³/mol. The van der Waals surface area contributed by atoms with Crippen LogP contribution in [-0.2, 0) is 26.3 Å². The van der Waals surface area contributed by atoms with Crippen molar-refractivity contribution in [3.8, 4) is 0 Å². The van der Waals surface area contributed by atoms with Gasteiger partial charge in [-0.15, -0.1) is 11.8 Å². The number of hydrogen-bond donors (Lipinski definition) is 0. The maximum Gasteiger partial charge on any atom is 0.412 e. The van der Waals surface area contributed by atoms with Gasteiger partial charge < -0.3 is 0 Å². The van der Waals surface area contributed by atoms with E-state index in [9.17, 15) is 30.9 Å². The van der Waals surface area contributed by atoms with Gasteiger partial charge in [0, 0.05) is 6.54 Å². The van der Waals surface area contributed by atoms with Crippen molar-refractivity contribution < 1.29 is 40.0 Å². The fraction of sp³-hybridized carbons (Fsp3) is 0.727. The Morgan fingerprint density at radius 3 is 2.00 bits per heavy atom. The van der Waals surface area contributed by atoms with E-state index in [1.165, 1.54) is 22.5 Å². The van der Waals surface area contributed by atoms with Crippen molar-refractivity contribution in [2.45, 2.75) is 37.0 Å². The molecule has 140 valence electrons. The number of hydrogen-bond acceptors (Lipinski definition) is 5. The number of aromatic nitrogens is 2. The largest absolute Gasteiger partial charge is 0.412 e. The van der Waals surface area contributed by atoms with E-state index in [0.29, 0.717) is 11.6 Å². The third kappa shape index (κ3) is 7.45. The molecule has 0 atom stereocenters. The van der Waals surface area contributed by atoms with Crippen LogP contribution in [0.2, 0.25) is 0 Å². The maximum absolute atomic E-state index is 12.3. The van der Waals surface area contributed by atoms with Crippen LogP contribution < -0.4 is 0 Å². The molecular formula is C11H15F6N2O3PS. The number of thioether (sulfide) groups is 1. The van der Waals surface area contributed by atoms with Gasteiger partial charge in [0.25, 0.3) is 0 Å². The van der Waals surface area contributed by atoms with Gasteiger partial charge >= 0.3 is 19.9 Å². The fourth-order valence-electron chi connectivity index (χ4n) is 1.59. The van der Waals surface area contributed by atoms with E-state index in [0.717, 1.165) is 0 Å². The van der Waals surface area contributed by atoms with Crippen LogP contribution in [0.3, 0.4) is 0 Å². The van der Waals surface area contributed by atoms with Gasteiger partial charge in [-0.25, -0.2) is 0 Å². The molecule has 24 heavy (non-hydrogen) atoms. The molecule has 0 aliphatic heterocycles. The average molecular weight is 400 g/mol. The first-order chi connectivity index (χ1) is 10.9. The summed E-state index contributed by atoms with van der Waals surface area (Å²) in [5.41, 5.74) is 0.0221. The molecule has 0 unspecified atom stereocenters. The molecule has 0 bridgehead atoms. The van der Waals surface area contributed by atoms with Gasteiger partial charge in [-0.1, -0.05) is 0 Å². The van der Waals surface area contributed by atoms with Crippen LogP contribution in [0.4, 0.5) is 26.3 Å². The second kappa shape index (κ2) is 8.11. The molecule has 0 aliphatic carbocycles. The number of halogens is 6. The summed E-state index contributed by atoms with van der Waals surface area (Å²) in [5, 5.41) is 4.59. The first-order valence-electron chi connectivity index (χ1n) is 6.50. The van der Waals surface area contributed by atoms with E-state index in [-0.39, 0.29) is 5.69 Å². The Kier molecular flexibility index (Phi) is 7.21. The standard InChI is InChI=1S/C11H15F6N2O3PS/c1-3-19-9(24-2)4-8(18-19)5-23(20,21-6-10(12,13)14)22-7-11(15,16)17/h4H,3,5-7H2,1-2H3. The Bertz CT molecular complexity index is 546. The molecule has 0 aromatic carbocycles. The van der Waals surface area contributed by atoms with Gasteiger partial charge in [0.1, 0.15) is 0 Å². The number of rotatable bonds is 8. The minimum absolute atomic E-state index is 0.0221. The summed E-state index contributed by atoms with van der Waals surface area (Å²) < 4.78 is 95.4. The third-order valence-corrected chi connectivity index (χ3v) is 5.01. The van der Waals surface area contributed by atoms with Gasteiger partial charge in [-0.05, 0) is 19.2 Å². The van der Waals surface area contributed by atoms with E-state index in [1.54, 1.807) is 13.2 Å². The lowest BCUT2D eigenvalue weighted by atomic mass is 10.5. The number of nitrogens with zero attached hydrogens (tertiary/aromatic N) is 2. The minimum atomic E-state index is -4.86. The first kappa shape index (κ1) is 21.3. The normalized spacial score (nSPS) is 13.5. The van der Waals surface area contributed by atoms with Gasteiger partial charge in [0.05, 0.1) is 16.9 Å². The minimum Gasteiger partial charge on any atom is -0.299 e. The van der Waals surface area contributed by atoms with Crippen molar-refractivity contribution in [1.29, 1.82) is 0 Å². The van der Waals surface area contributed by atoms with E-state index in [1.807, 2.05) is 0 Å². The zero-order valence-corrected chi connectivity index (χ0v) is 14.4. The lowest BCUT2D eigenvalue weighted by Gasteiger charge is -2.19. The van der Waals surface area contributed by atoms with Crippen molar-refractivity contribution in [2.24, 2.45) is 0 Å². The van der Waals surface area contributed by atoms with Crippen LogP contribution in [0.5, 0.6) is 0 Å². The number of aryl methyl sites for hydroxylation is 1. The zero-order valence-electron chi connectivity index (χ0n) is 12.6. The summed E-state index contributed by atoms with van der Waals surface area (Å²) in [6.07, 6.45) is -8.79. The van der Waals surface area contributed by atoms with Gasteiger partial charge in [-0.3, -0.25) is 18.3 Å². The highest BCUT2D eigenvalue weighted by Crippen LogP contribution is 2.53. The average Bonchev–Trinajstić information content (AvgIpc) is 2.84. The fourth-order valence-corrected chi connectivity index (χ4v) is 3.72. The molecule has 1 rings (SSSR count). The quantitative estimate of drug-likeness (QED) is 0.366. The van der Waals surface area contributed by atoms with Crippen LogP contribution in [0, 0.1) is 0 Å². The molecule has 0 aliphatic rings. The second-order valence-electron chi connectivity index (χ2n) is 4.54. The molecule has 0 saturated heterocycles. The van der Waals surface area contributed by atoms with Crippen molar-refractivity contribution in [3.63, 3.8) is 0 Å². The lowest BCUT2D eigenvalue weighted by Crippen LogP contribution is -2.20. The molecule has 0 radical (unpaired) electrons. The van der Waals surface area contributed by atoms with Crippen molar-refractivity contribution >= 4 is 19.4 Å². The van der Waals surface area contributed by atoms with Crippen LogP contribution >= 0.6 is 19.4 Å². The summed E-state index contributed by atoms with van der Waals surface area (Å²) >= 11 is 1.27. The highest BCUT2D eigenvalue weighted by Gasteiger charge is 2.39. The Labute approximate surface area is 138 Å². The SMILES string of the molecule is CCn1nc(CP(=O)(OCC(F)(F)F)OCC(F)(F)F)cc1SC. The predicted octanol–water partition coefficient (Wildman–Crippen LogP) is 4.48. The van der Waals surface area contributed by atoms with Gasteiger partial charge in [0.15, 0.2) is 13.2 Å². The Morgan fingerprint density at radius 2 is 1.67 bits per heavy atom. The Morgan fingerprint density at radius 1 is 1.17 bits per heavy atom. The van der Waals surface area contributed by atoms with E-state index in [2.05, 4.69) is 14.1 Å². The van der Waals surface area contributed by atoms with Crippen molar-refractivity contribution in [1.82, 2.24) is 9.78 Å². The van der Waals surface area contributed by atoms with E-state index < -0.39 is 39.3 Å². The topological polar surface area (TPSA) is 53.4 Å². The Hall–Kier alpha value is -0.710. The molecular weight excluding hydrogens is 385 g/mol. The van der Waals surface area contributed by atoms with Gasteiger partial charge in [0.2, 0.25) is 0 Å². The number of alkyl halides is 6. The van der Waals surface area contributed by atoms with Crippen LogP contribution in [0.15, 0.2) is 11.1 Å². The highest BCUT2D eigenvalue weighted by atomic mass is 32.2. The molecule has 0 N–H and O–H groups in total. The lowest BCUT2D eigenvalue weighted by molar-refractivity contribution is -0.165. The molecule has 0 amide bonds. The summed E-state index contributed by atoms with van der Waals surface area (Å²) in [4.78, 5) is 0. The summed E-state index contributed by atoms with van der Waals surface area (Å²) in [5.74, 6) is 0. The first-order valence-corrected chi connectivity index (χ1v) is 9.45. The molecule has 13 heteroatoms. The molecule has 1 heterocycles. The molecule has 5 nitrogen and oxygen atoms in total. The molecule has 0 fully saturated rings. The smallest absolute Gasteiger partial charge is 0.299 e. The summed E-state index contributed by atoms with van der Waals surface area (Å²) in [6.45, 7) is -1.79. The van der Waals surface area contributed by atoms with E-state index in [4.69, 9.17) is 0 Å². The molecule has 0 spiro atoms. The maximum atomic E-state index is 12.3. The van der Waals surface area contributed by atoms with Crippen LogP contribution in [-0.4, -0.2) is 41.6 Å². The highest BCUT2D eigenvalue weighted by molar-refractivity contribution is 7.98. The second-order valence-corrected chi connectivity index (χ2v) is 7.42. The third-order valence-electron chi connectivity index (χ3n) is 2.51. The van der Waals surface area contributed by atoms with E-state index >= 15 is 0 Å². The summed E-state index contributed by atoms with van der Waals surface area (Å²) in [6, 6.07) is 1.41. The van der Waals surface area contributed by atoms with Crippen LogP contribution in [0.1, 0.15) is 12.6 Å². The van der Waals surface area contributed by atoms with Crippen LogP contribution in [0.25, 0.3) is 0 Å².